The molecule has 3 N–H and O–H groups in total. The van der Waals surface area contributed by atoms with Gasteiger partial charge in [0.05, 0.1) is 16.5 Å². The van der Waals surface area contributed by atoms with Crippen LogP contribution in [0.3, 0.4) is 0 Å². The van der Waals surface area contributed by atoms with Crippen molar-refractivity contribution < 1.29 is 8.42 Å². The monoisotopic (exact) mass is 321 g/mol. The summed E-state index contributed by atoms with van der Waals surface area (Å²) in [4.78, 5) is 0.0249. The molecule has 0 fully saturated rings. The smallest absolute Gasteiger partial charge is 0.262 e. The molecule has 2 rings (SSSR count). The quantitative estimate of drug-likeness (QED) is 0.849. The molecule has 0 aliphatic carbocycles. The number of anilines is 2. The number of hydrogen-bond acceptors (Lipinski definition) is 4. The number of nitrogen functional groups attached to an aromatic ring is 1. The molecule has 0 amide bonds. The van der Waals surface area contributed by atoms with Gasteiger partial charge in [0.25, 0.3) is 10.0 Å². The van der Waals surface area contributed by atoms with Crippen molar-refractivity contribution in [1.82, 2.24) is 0 Å². The third kappa shape index (κ3) is 3.27. The first-order valence-corrected chi connectivity index (χ1v) is 7.78. The predicted octanol–water partition coefficient (Wildman–Crippen LogP) is 2.90. The largest absolute Gasteiger partial charge is 0.398 e. The van der Waals surface area contributed by atoms with Gasteiger partial charge in [-0.15, -0.1) is 0 Å². The molecule has 0 spiro atoms. The van der Waals surface area contributed by atoms with Crippen molar-refractivity contribution in [2.75, 3.05) is 10.5 Å². The number of benzene rings is 2. The number of sulfonamides is 1. The molecule has 2 aromatic carbocycles. The fraction of sp³-hybridized carbons (Fsp3) is 0.0714. The van der Waals surface area contributed by atoms with Crippen LogP contribution in [0.4, 0.5) is 11.4 Å². The highest BCUT2D eigenvalue weighted by Gasteiger charge is 2.19. The lowest BCUT2D eigenvalue weighted by molar-refractivity contribution is 0.600. The van der Waals surface area contributed by atoms with E-state index in [-0.39, 0.29) is 9.92 Å². The van der Waals surface area contributed by atoms with Crippen molar-refractivity contribution >= 4 is 33.0 Å². The van der Waals surface area contributed by atoms with Gasteiger partial charge < -0.3 is 5.73 Å². The van der Waals surface area contributed by atoms with Gasteiger partial charge in [-0.25, -0.2) is 8.42 Å². The lowest BCUT2D eigenvalue weighted by atomic mass is 10.2. The van der Waals surface area contributed by atoms with Crippen LogP contribution in [-0.2, 0) is 10.0 Å². The van der Waals surface area contributed by atoms with Gasteiger partial charge in [0, 0.05) is 16.4 Å². The van der Waals surface area contributed by atoms with Crippen LogP contribution in [0.15, 0.2) is 41.3 Å². The van der Waals surface area contributed by atoms with Gasteiger partial charge >= 0.3 is 0 Å². The molecular formula is C14H12ClN3O2S. The van der Waals surface area contributed by atoms with Crippen LogP contribution in [0.1, 0.15) is 11.1 Å². The number of nitriles is 1. The number of nitrogens with zero attached hydrogens (tertiary/aromatic N) is 1. The first kappa shape index (κ1) is 15.2. The molecule has 0 saturated heterocycles. The molecular weight excluding hydrogens is 310 g/mol. The zero-order chi connectivity index (χ0) is 15.6. The Morgan fingerprint density at radius 3 is 2.43 bits per heavy atom. The molecule has 0 heterocycles. The maximum atomic E-state index is 12.4. The number of nitrogens with two attached hydrogens (primary N) is 1. The number of nitrogens with one attached hydrogen (secondary N) is 1. The molecule has 0 aliphatic heterocycles. The molecule has 0 atom stereocenters. The van der Waals surface area contributed by atoms with Gasteiger partial charge in [-0.2, -0.15) is 5.26 Å². The highest BCUT2D eigenvalue weighted by Crippen LogP contribution is 2.27. The van der Waals surface area contributed by atoms with Crippen LogP contribution in [0, 0.1) is 18.3 Å². The van der Waals surface area contributed by atoms with Crippen molar-refractivity contribution in [3.8, 4) is 6.07 Å². The number of halogens is 1. The van der Waals surface area contributed by atoms with Crippen LogP contribution < -0.4 is 10.5 Å². The standard InChI is InChI=1S/C14H12ClN3O2S/c1-9-13(17)6-11(15)7-14(9)21(19,20)18-12-4-2-10(8-16)3-5-12/h2-7,18H,17H2,1H3. The Morgan fingerprint density at radius 1 is 1.24 bits per heavy atom. The van der Waals surface area contributed by atoms with Crippen molar-refractivity contribution in [3.05, 3.63) is 52.5 Å². The van der Waals surface area contributed by atoms with E-state index in [9.17, 15) is 8.42 Å². The van der Waals surface area contributed by atoms with Crippen LogP contribution in [-0.4, -0.2) is 8.42 Å². The fourth-order valence-corrected chi connectivity index (χ4v) is 3.43. The van der Waals surface area contributed by atoms with E-state index < -0.39 is 10.0 Å². The normalized spacial score (nSPS) is 10.9. The maximum absolute atomic E-state index is 12.4. The summed E-state index contributed by atoms with van der Waals surface area (Å²) >= 11 is 5.86. The summed E-state index contributed by atoms with van der Waals surface area (Å²) in [6, 6.07) is 10.9. The molecule has 0 bridgehead atoms. The molecule has 0 radical (unpaired) electrons. The zero-order valence-electron chi connectivity index (χ0n) is 11.1. The predicted molar refractivity (Wildman–Crippen MR) is 82.6 cm³/mol. The Balaban J connectivity index is 2.41. The summed E-state index contributed by atoms with van der Waals surface area (Å²) in [5.74, 6) is 0. The minimum Gasteiger partial charge on any atom is -0.398 e. The minimum absolute atomic E-state index is 0.0249. The van der Waals surface area contributed by atoms with Gasteiger partial charge in [0.1, 0.15) is 0 Å². The third-order valence-electron chi connectivity index (χ3n) is 2.92. The van der Waals surface area contributed by atoms with Crippen molar-refractivity contribution in [1.29, 1.82) is 5.26 Å². The minimum atomic E-state index is -3.81. The van der Waals surface area contributed by atoms with E-state index in [0.717, 1.165) is 0 Å². The SMILES string of the molecule is Cc1c(N)cc(Cl)cc1S(=O)(=O)Nc1ccc(C#N)cc1. The second kappa shape index (κ2) is 5.64. The molecule has 0 aromatic heterocycles. The second-order valence-corrected chi connectivity index (χ2v) is 6.50. The Kier molecular flexibility index (Phi) is 4.07. The molecule has 21 heavy (non-hydrogen) atoms. The zero-order valence-corrected chi connectivity index (χ0v) is 12.7. The molecule has 0 unspecified atom stereocenters. The number of hydrogen-bond donors (Lipinski definition) is 2. The highest BCUT2D eigenvalue weighted by molar-refractivity contribution is 7.92. The topological polar surface area (TPSA) is 96.0 Å². The lowest BCUT2D eigenvalue weighted by Gasteiger charge is -2.12. The summed E-state index contributed by atoms with van der Waals surface area (Å²) in [6.07, 6.45) is 0. The van der Waals surface area contributed by atoms with Gasteiger partial charge in [-0.05, 0) is 48.9 Å². The van der Waals surface area contributed by atoms with E-state index in [1.807, 2.05) is 6.07 Å². The lowest BCUT2D eigenvalue weighted by Crippen LogP contribution is -2.15. The Bertz CT molecular complexity index is 825. The van der Waals surface area contributed by atoms with Crippen molar-refractivity contribution in [2.24, 2.45) is 0 Å². The van der Waals surface area contributed by atoms with Gasteiger partial charge in [0.2, 0.25) is 0 Å². The first-order valence-electron chi connectivity index (χ1n) is 5.92. The molecule has 7 heteroatoms. The van der Waals surface area contributed by atoms with E-state index in [1.54, 1.807) is 6.92 Å². The van der Waals surface area contributed by atoms with E-state index >= 15 is 0 Å². The summed E-state index contributed by atoms with van der Waals surface area (Å²) in [7, 11) is -3.81. The maximum Gasteiger partial charge on any atom is 0.262 e. The van der Waals surface area contributed by atoms with Gasteiger partial charge in [0.15, 0.2) is 0 Å². The Labute approximate surface area is 128 Å². The number of rotatable bonds is 3. The van der Waals surface area contributed by atoms with E-state index in [4.69, 9.17) is 22.6 Å². The average Bonchev–Trinajstić information content (AvgIpc) is 2.43. The summed E-state index contributed by atoms with van der Waals surface area (Å²) in [6.45, 7) is 1.61. The van der Waals surface area contributed by atoms with E-state index in [0.29, 0.717) is 22.5 Å². The fourth-order valence-electron chi connectivity index (χ4n) is 1.78. The van der Waals surface area contributed by atoms with E-state index in [1.165, 1.54) is 36.4 Å². The molecule has 0 aliphatic rings. The second-order valence-electron chi connectivity index (χ2n) is 4.41. The molecule has 108 valence electrons. The van der Waals surface area contributed by atoms with Crippen LogP contribution >= 0.6 is 11.6 Å². The summed E-state index contributed by atoms with van der Waals surface area (Å²) < 4.78 is 27.2. The van der Waals surface area contributed by atoms with Crippen molar-refractivity contribution in [3.63, 3.8) is 0 Å². The van der Waals surface area contributed by atoms with Crippen molar-refractivity contribution in [2.45, 2.75) is 11.8 Å². The van der Waals surface area contributed by atoms with Crippen LogP contribution in [0.5, 0.6) is 0 Å². The van der Waals surface area contributed by atoms with Crippen LogP contribution in [0.2, 0.25) is 5.02 Å². The van der Waals surface area contributed by atoms with Crippen LogP contribution in [0.25, 0.3) is 0 Å². The first-order chi connectivity index (χ1) is 9.83. The highest BCUT2D eigenvalue weighted by atomic mass is 35.5. The Morgan fingerprint density at radius 2 is 1.86 bits per heavy atom. The average molecular weight is 322 g/mol. The molecule has 5 nitrogen and oxygen atoms in total. The Hall–Kier alpha value is -2.23. The summed E-state index contributed by atoms with van der Waals surface area (Å²) in [5, 5.41) is 8.97. The van der Waals surface area contributed by atoms with E-state index in [2.05, 4.69) is 4.72 Å². The molecule has 0 saturated carbocycles. The van der Waals surface area contributed by atoms with Gasteiger partial charge in [-0.1, -0.05) is 11.6 Å². The summed E-state index contributed by atoms with van der Waals surface area (Å²) in [5.41, 5.74) is 7.27. The molecule has 2 aromatic rings. The van der Waals surface area contributed by atoms with Gasteiger partial charge in [-0.3, -0.25) is 4.72 Å². The third-order valence-corrected chi connectivity index (χ3v) is 4.65.